The Bertz CT molecular complexity index is 488. The predicted molar refractivity (Wildman–Crippen MR) is 79.5 cm³/mol. The quantitative estimate of drug-likeness (QED) is 0.713. The van der Waals surface area contributed by atoms with Crippen molar-refractivity contribution >= 4 is 15.9 Å². The van der Waals surface area contributed by atoms with Crippen LogP contribution in [0.3, 0.4) is 0 Å². The zero-order valence-corrected chi connectivity index (χ0v) is 12.6. The molecule has 19 heavy (non-hydrogen) atoms. The fraction of sp³-hybridized carbons (Fsp3) is 0.538. The van der Waals surface area contributed by atoms with Crippen LogP contribution in [0.1, 0.15) is 18.9 Å². The van der Waals surface area contributed by atoms with Crippen LogP contribution in [0.25, 0.3) is 0 Å². The minimum absolute atomic E-state index is 0.494. The number of nitrogens with zero attached hydrogens (tertiary/aromatic N) is 1. The minimum atomic E-state index is -3.47. The van der Waals surface area contributed by atoms with Crippen molar-refractivity contribution in [3.8, 4) is 0 Å². The summed E-state index contributed by atoms with van der Waals surface area (Å²) in [4.78, 5) is 0. The third-order valence-corrected chi connectivity index (χ3v) is 4.35. The number of hydrogen-bond donors (Lipinski definition) is 2. The molecule has 108 valence electrons. The molecule has 0 aliphatic carbocycles. The molecule has 0 radical (unpaired) electrons. The number of benzene rings is 1. The van der Waals surface area contributed by atoms with E-state index in [1.54, 1.807) is 13.1 Å². The van der Waals surface area contributed by atoms with Crippen molar-refractivity contribution in [3.63, 3.8) is 0 Å². The molecule has 0 spiro atoms. The lowest BCUT2D eigenvalue weighted by molar-refractivity contribution is 0.459. The van der Waals surface area contributed by atoms with Gasteiger partial charge in [0.05, 0.1) is 5.69 Å². The third-order valence-electron chi connectivity index (χ3n) is 2.87. The van der Waals surface area contributed by atoms with E-state index in [9.17, 15) is 8.42 Å². The van der Waals surface area contributed by atoms with Crippen LogP contribution in [0.15, 0.2) is 24.3 Å². The smallest absolute Gasteiger partial charge is 0.301 e. The molecule has 6 heteroatoms. The van der Waals surface area contributed by atoms with Crippen molar-refractivity contribution in [2.24, 2.45) is 0 Å². The Kier molecular flexibility index (Phi) is 6.27. The van der Waals surface area contributed by atoms with E-state index < -0.39 is 10.2 Å². The zero-order valence-electron chi connectivity index (χ0n) is 11.8. The van der Waals surface area contributed by atoms with Gasteiger partial charge in [-0.05, 0) is 38.1 Å². The molecule has 1 aromatic rings. The molecule has 0 fully saturated rings. The first-order valence-corrected chi connectivity index (χ1v) is 7.92. The van der Waals surface area contributed by atoms with E-state index >= 15 is 0 Å². The Balaban J connectivity index is 2.58. The molecule has 0 unspecified atom stereocenters. The fourth-order valence-corrected chi connectivity index (χ4v) is 2.66. The number of aryl methyl sites for hydroxylation is 1. The van der Waals surface area contributed by atoms with E-state index in [-0.39, 0.29) is 0 Å². The summed E-state index contributed by atoms with van der Waals surface area (Å²) in [6.45, 7) is 6.12. The SMILES string of the molecule is CCNCCCN(C)S(=O)(=O)Nc1ccccc1C. The highest BCUT2D eigenvalue weighted by atomic mass is 32.2. The van der Waals surface area contributed by atoms with Crippen molar-refractivity contribution in [3.05, 3.63) is 29.8 Å². The molecule has 0 aliphatic heterocycles. The molecule has 5 nitrogen and oxygen atoms in total. The Labute approximate surface area is 116 Å². The monoisotopic (exact) mass is 285 g/mol. The Morgan fingerprint density at radius 1 is 1.26 bits per heavy atom. The highest BCUT2D eigenvalue weighted by Crippen LogP contribution is 2.15. The van der Waals surface area contributed by atoms with Crippen LogP contribution in [0.4, 0.5) is 5.69 Å². The van der Waals surface area contributed by atoms with Crippen LogP contribution in [-0.2, 0) is 10.2 Å². The summed E-state index contributed by atoms with van der Waals surface area (Å²) in [6, 6.07) is 7.34. The summed E-state index contributed by atoms with van der Waals surface area (Å²) in [5, 5.41) is 3.17. The van der Waals surface area contributed by atoms with Gasteiger partial charge in [-0.1, -0.05) is 25.1 Å². The second-order valence-corrected chi connectivity index (χ2v) is 6.23. The molecular formula is C13H23N3O2S. The maximum atomic E-state index is 12.1. The molecule has 1 rings (SSSR count). The van der Waals surface area contributed by atoms with E-state index in [1.165, 1.54) is 4.31 Å². The minimum Gasteiger partial charge on any atom is -0.317 e. The van der Waals surface area contributed by atoms with E-state index in [0.717, 1.165) is 25.1 Å². The molecule has 0 atom stereocenters. The maximum absolute atomic E-state index is 12.1. The fourth-order valence-electron chi connectivity index (χ4n) is 1.63. The second kappa shape index (κ2) is 7.47. The van der Waals surface area contributed by atoms with Crippen LogP contribution >= 0.6 is 0 Å². The van der Waals surface area contributed by atoms with Gasteiger partial charge in [-0.2, -0.15) is 12.7 Å². The second-order valence-electron chi connectivity index (χ2n) is 4.45. The first-order valence-electron chi connectivity index (χ1n) is 6.48. The largest absolute Gasteiger partial charge is 0.317 e. The van der Waals surface area contributed by atoms with Crippen LogP contribution in [0, 0.1) is 6.92 Å². The van der Waals surface area contributed by atoms with Gasteiger partial charge in [0.2, 0.25) is 0 Å². The van der Waals surface area contributed by atoms with Gasteiger partial charge in [-0.15, -0.1) is 0 Å². The highest BCUT2D eigenvalue weighted by Gasteiger charge is 2.17. The number of para-hydroxylation sites is 1. The van der Waals surface area contributed by atoms with E-state index in [4.69, 9.17) is 0 Å². The predicted octanol–water partition coefficient (Wildman–Crippen LogP) is 1.58. The Hall–Kier alpha value is -1.11. The third kappa shape index (κ3) is 5.18. The van der Waals surface area contributed by atoms with E-state index in [0.29, 0.717) is 12.2 Å². The molecule has 2 N–H and O–H groups in total. The number of anilines is 1. The van der Waals surface area contributed by atoms with Gasteiger partial charge in [0.25, 0.3) is 0 Å². The summed E-state index contributed by atoms with van der Waals surface area (Å²) >= 11 is 0. The average Bonchev–Trinajstić information content (AvgIpc) is 2.37. The maximum Gasteiger partial charge on any atom is 0.301 e. The van der Waals surface area contributed by atoms with Crippen molar-refractivity contribution in [1.29, 1.82) is 0 Å². The summed E-state index contributed by atoms with van der Waals surface area (Å²) in [6.07, 6.45) is 0.791. The topological polar surface area (TPSA) is 61.4 Å². The van der Waals surface area contributed by atoms with Crippen LogP contribution < -0.4 is 10.0 Å². The summed E-state index contributed by atoms with van der Waals surface area (Å²) in [7, 11) is -1.88. The Morgan fingerprint density at radius 2 is 1.95 bits per heavy atom. The van der Waals surface area contributed by atoms with Crippen LogP contribution in [0.5, 0.6) is 0 Å². The lowest BCUT2D eigenvalue weighted by atomic mass is 10.2. The van der Waals surface area contributed by atoms with Crippen LogP contribution in [-0.4, -0.2) is 39.4 Å². The van der Waals surface area contributed by atoms with Crippen molar-refractivity contribution in [2.45, 2.75) is 20.3 Å². The van der Waals surface area contributed by atoms with Gasteiger partial charge in [0.15, 0.2) is 0 Å². The molecule has 0 bridgehead atoms. The normalized spacial score (nSPS) is 11.8. The molecular weight excluding hydrogens is 262 g/mol. The summed E-state index contributed by atoms with van der Waals surface area (Å²) < 4.78 is 28.2. The zero-order chi connectivity index (χ0) is 14.3. The van der Waals surface area contributed by atoms with Gasteiger partial charge in [-0.3, -0.25) is 4.72 Å². The molecule has 0 amide bonds. The van der Waals surface area contributed by atoms with Gasteiger partial charge < -0.3 is 5.32 Å². The molecule has 1 aromatic carbocycles. The van der Waals surface area contributed by atoms with E-state index in [2.05, 4.69) is 10.0 Å². The van der Waals surface area contributed by atoms with Gasteiger partial charge in [0.1, 0.15) is 0 Å². The van der Waals surface area contributed by atoms with Gasteiger partial charge >= 0.3 is 10.2 Å². The molecule has 0 saturated heterocycles. The Morgan fingerprint density at radius 3 is 2.58 bits per heavy atom. The first-order chi connectivity index (χ1) is 8.97. The van der Waals surface area contributed by atoms with Crippen LogP contribution in [0.2, 0.25) is 0 Å². The van der Waals surface area contributed by atoms with Gasteiger partial charge in [-0.25, -0.2) is 0 Å². The average molecular weight is 285 g/mol. The van der Waals surface area contributed by atoms with E-state index in [1.807, 2.05) is 32.0 Å². The first kappa shape index (κ1) is 15.9. The molecule has 0 saturated carbocycles. The van der Waals surface area contributed by atoms with Gasteiger partial charge in [0, 0.05) is 13.6 Å². The summed E-state index contributed by atoms with van der Waals surface area (Å²) in [5.74, 6) is 0. The number of nitrogens with one attached hydrogen (secondary N) is 2. The van der Waals surface area contributed by atoms with Crippen molar-refractivity contribution < 1.29 is 8.42 Å². The molecule has 0 heterocycles. The highest BCUT2D eigenvalue weighted by molar-refractivity contribution is 7.90. The number of hydrogen-bond acceptors (Lipinski definition) is 3. The molecule has 0 aromatic heterocycles. The lowest BCUT2D eigenvalue weighted by Gasteiger charge is -2.19. The number of rotatable bonds is 8. The van der Waals surface area contributed by atoms with Crippen molar-refractivity contribution in [1.82, 2.24) is 9.62 Å². The van der Waals surface area contributed by atoms with Crippen molar-refractivity contribution in [2.75, 3.05) is 31.4 Å². The molecule has 0 aliphatic rings. The standard InChI is InChI=1S/C13H23N3O2S/c1-4-14-10-7-11-16(3)19(17,18)15-13-9-6-5-8-12(13)2/h5-6,8-9,14-15H,4,7,10-11H2,1-3H3. The lowest BCUT2D eigenvalue weighted by Crippen LogP contribution is -2.34. The summed E-state index contributed by atoms with van der Waals surface area (Å²) in [5.41, 5.74) is 1.54.